The van der Waals surface area contributed by atoms with Crippen molar-refractivity contribution in [1.29, 1.82) is 0 Å². The molecule has 0 saturated carbocycles. The standard InChI is InChI=1S/C54H63N9O12S/c1-6-19-62(20-7-2)21-13-12-17-40(60-50(67)47(33(4)5)61-45(64)18-11-9-10-15-34-26-56-53(76-71)57-27-34)49(66)55-28-46(65)58-31-72-22-14-16-35-36-23-43-44(75-32-74-43)25-41(36)59-48-37(35)29-63-42(48)24-39-38(51(63)68)30-73-52(69)54(39,70)8-3/h23-27,33,40,47,70H,6-9,11-13,17-22,28-32H2,1-5H3,(H3-,55,58,60,61,64,65,66,67)/p+1/t40-,47-,54-/m0/s1. The van der Waals surface area contributed by atoms with E-state index in [9.17, 15) is 38.1 Å². The maximum atomic E-state index is 13.9. The van der Waals surface area contributed by atoms with Crippen LogP contribution in [0.5, 0.6) is 11.5 Å². The lowest BCUT2D eigenvalue weighted by Gasteiger charge is -2.31. The zero-order valence-corrected chi connectivity index (χ0v) is 44.2. The maximum absolute atomic E-state index is 13.9. The predicted octanol–water partition coefficient (Wildman–Crippen LogP) is 3.08. The second-order valence-corrected chi connectivity index (χ2v) is 19.5. The number of esters is 1. The number of rotatable bonds is 24. The number of hydrogen-bond donors (Lipinski definition) is 5. The molecule has 3 atom stereocenters. The molecule has 0 fully saturated rings. The van der Waals surface area contributed by atoms with Gasteiger partial charge in [-0.25, -0.2) is 9.78 Å². The number of carbonyl (C=O) groups excluding carboxylic acids is 5. The number of hydrogen-bond acceptors (Lipinski definition) is 16. The van der Waals surface area contributed by atoms with E-state index >= 15 is 0 Å². The molecule has 4 aromatic rings. The van der Waals surface area contributed by atoms with Crippen LogP contribution in [-0.4, -0.2) is 118 Å². The quantitative estimate of drug-likeness (QED) is 0.0148. The van der Waals surface area contributed by atoms with Gasteiger partial charge in [-0.3, -0.25) is 24.0 Å². The van der Waals surface area contributed by atoms with Gasteiger partial charge in [0.05, 0.1) is 53.5 Å². The summed E-state index contributed by atoms with van der Waals surface area (Å²) in [5.41, 5.74) is 1.06. The third-order valence-electron chi connectivity index (χ3n) is 13.2. The third kappa shape index (κ3) is 13.5. The fourth-order valence-corrected chi connectivity index (χ4v) is 9.40. The Hall–Kier alpha value is -7.37. The number of fused-ring (bicyclic) bond motifs is 6. The molecule has 0 aliphatic carbocycles. The van der Waals surface area contributed by atoms with Gasteiger partial charge in [0.1, 0.15) is 32.0 Å². The molecule has 6 heterocycles. The molecule has 22 heteroatoms. The van der Waals surface area contributed by atoms with Crippen molar-refractivity contribution in [2.45, 2.75) is 128 Å². The lowest BCUT2D eigenvalue weighted by atomic mass is 9.86. The predicted molar refractivity (Wildman–Crippen MR) is 278 cm³/mol. The summed E-state index contributed by atoms with van der Waals surface area (Å²) in [7, 11) is 0. The molecule has 7 rings (SSSR count). The number of unbranched alkanes of at least 4 members (excludes halogenated alkanes) is 2. The summed E-state index contributed by atoms with van der Waals surface area (Å²) >= 11 is 0.189. The number of nitrogens with one attached hydrogen (secondary N) is 4. The summed E-state index contributed by atoms with van der Waals surface area (Å²) in [6, 6.07) is 3.20. The van der Waals surface area contributed by atoms with E-state index in [1.54, 1.807) is 39.0 Å². The highest BCUT2D eigenvalue weighted by atomic mass is 32.1. The van der Waals surface area contributed by atoms with Gasteiger partial charge < -0.3 is 54.8 Å². The third-order valence-corrected chi connectivity index (χ3v) is 13.6. The number of pyridine rings is 2. The van der Waals surface area contributed by atoms with Crippen LogP contribution in [0, 0.1) is 29.6 Å². The summed E-state index contributed by atoms with van der Waals surface area (Å²) in [6.45, 7) is 11.3. The topological polar surface area (TPSA) is 272 Å². The van der Waals surface area contributed by atoms with Crippen molar-refractivity contribution in [2.75, 3.05) is 46.3 Å². The van der Waals surface area contributed by atoms with Crippen molar-refractivity contribution >= 4 is 52.2 Å². The van der Waals surface area contributed by atoms with E-state index in [0.29, 0.717) is 76.2 Å². The van der Waals surface area contributed by atoms with E-state index in [4.69, 9.17) is 23.9 Å². The van der Waals surface area contributed by atoms with E-state index in [1.807, 2.05) is 0 Å². The number of cyclic esters (lactones) is 1. The molecule has 1 aromatic carbocycles. The molecule has 0 spiro atoms. The highest BCUT2D eigenvalue weighted by Gasteiger charge is 2.45. The Morgan fingerprint density at radius 3 is 2.36 bits per heavy atom. The molecule has 3 aliphatic heterocycles. The largest absolute Gasteiger partial charge is 0.550 e. The van der Waals surface area contributed by atoms with Crippen LogP contribution in [0.15, 0.2) is 40.5 Å². The second kappa shape index (κ2) is 26.4. The van der Waals surface area contributed by atoms with Gasteiger partial charge in [-0.1, -0.05) is 58.3 Å². The Kier molecular flexibility index (Phi) is 19.6. The molecule has 0 radical (unpaired) electrons. The molecule has 0 unspecified atom stereocenters. The zero-order valence-electron chi connectivity index (χ0n) is 43.4. The van der Waals surface area contributed by atoms with Crippen LogP contribution < -0.4 is 36.3 Å². The van der Waals surface area contributed by atoms with Crippen molar-refractivity contribution in [3.63, 3.8) is 0 Å². The molecule has 402 valence electrons. The number of nitrogens with zero attached hydrogens (tertiary/aromatic N) is 5. The summed E-state index contributed by atoms with van der Waals surface area (Å²) < 4.78 is 34.5. The second-order valence-electron chi connectivity index (χ2n) is 18.9. The lowest BCUT2D eigenvalue weighted by Crippen LogP contribution is -2.56. The Morgan fingerprint density at radius 1 is 0.895 bits per heavy atom. The average molecular weight is 1060 g/mol. The van der Waals surface area contributed by atoms with Gasteiger partial charge in [0.25, 0.3) is 5.56 Å². The minimum atomic E-state index is -2.00. The normalized spacial score (nSPS) is 15.5. The van der Waals surface area contributed by atoms with Crippen LogP contribution in [0.3, 0.4) is 0 Å². The van der Waals surface area contributed by atoms with Gasteiger partial charge in [0, 0.05) is 45.2 Å². The van der Waals surface area contributed by atoms with Gasteiger partial charge in [-0.15, -0.1) is 0 Å². The smallest absolute Gasteiger partial charge is 0.458 e. The van der Waals surface area contributed by atoms with Gasteiger partial charge in [-0.05, 0) is 82.6 Å². The fourth-order valence-electron chi connectivity index (χ4n) is 9.21. The van der Waals surface area contributed by atoms with Crippen LogP contribution in [0.25, 0.3) is 22.3 Å². The first kappa shape index (κ1) is 56.4. The van der Waals surface area contributed by atoms with Crippen LogP contribution >= 0.6 is 0 Å². The van der Waals surface area contributed by atoms with Gasteiger partial charge in [-0.2, -0.15) is 9.97 Å². The molecule has 0 bridgehead atoms. The van der Waals surface area contributed by atoms with Gasteiger partial charge in [0.2, 0.25) is 30.4 Å². The van der Waals surface area contributed by atoms with Crippen molar-refractivity contribution < 1.29 is 52.2 Å². The van der Waals surface area contributed by atoms with Crippen molar-refractivity contribution in [1.82, 2.24) is 45.7 Å². The molecular weight excluding hydrogens is 999 g/mol. The molecule has 4 amide bonds. The van der Waals surface area contributed by atoms with E-state index in [-0.39, 0.29) is 85.9 Å². The van der Waals surface area contributed by atoms with Crippen LogP contribution in [0.4, 0.5) is 0 Å². The highest BCUT2D eigenvalue weighted by Crippen LogP contribution is 2.43. The van der Waals surface area contributed by atoms with Gasteiger partial charge >= 0.3 is 22.8 Å². The lowest BCUT2D eigenvalue weighted by molar-refractivity contribution is -0.172. The summed E-state index contributed by atoms with van der Waals surface area (Å²) in [5.74, 6) is 9.91. The van der Waals surface area contributed by atoms with E-state index in [2.05, 4.69) is 73.7 Å². The first-order chi connectivity index (χ1) is 36.7. The Labute approximate surface area is 444 Å². The van der Waals surface area contributed by atoms with E-state index in [0.717, 1.165) is 38.9 Å². The highest BCUT2D eigenvalue weighted by molar-refractivity contribution is 7.65. The van der Waals surface area contributed by atoms with Crippen LogP contribution in [0.2, 0.25) is 0 Å². The summed E-state index contributed by atoms with van der Waals surface area (Å²) in [4.78, 5) is 95.3. The summed E-state index contributed by atoms with van der Waals surface area (Å²) in [6.07, 6.45) is 7.58. The van der Waals surface area contributed by atoms with Crippen LogP contribution in [0.1, 0.15) is 120 Å². The molecule has 5 N–H and O–H groups in total. The average Bonchev–Trinajstić information content (AvgIpc) is 4.05. The molecule has 21 nitrogen and oxygen atoms in total. The van der Waals surface area contributed by atoms with Crippen molar-refractivity contribution in [3.8, 4) is 46.6 Å². The molecule has 3 aromatic heterocycles. The molecular formula is C54H64N9O12S+. The first-order valence-electron chi connectivity index (χ1n) is 25.7. The maximum Gasteiger partial charge on any atom is 0.550 e. The fraction of sp³-hybridized carbons (Fsp3) is 0.500. The molecule has 0 saturated heterocycles. The number of aromatic nitrogens is 4. The number of ether oxygens (including phenoxy) is 4. The number of aliphatic hydroxyl groups is 1. The minimum absolute atomic E-state index is 0.00290. The van der Waals surface area contributed by atoms with Crippen molar-refractivity contribution in [3.05, 3.63) is 68.8 Å². The SMILES string of the molecule is CCCN(CCC)CCCC[C@H](NC(=O)[C@@H](NC(=O)CCCC#Cc1cnc([S+]=O)nc1)C(C)C)C(=O)NCC(=O)NCOCC#Cc1c2c(nc3cc4c(cc13)OCO4)-c1cc3c(c(=O)n1C2)COC(=O)[C@]3(O)CC. The Balaban J connectivity index is 0.954. The minimum Gasteiger partial charge on any atom is -0.458 e. The Morgan fingerprint density at radius 2 is 1.64 bits per heavy atom. The number of amides is 4. The van der Waals surface area contributed by atoms with Gasteiger partial charge in [0.15, 0.2) is 17.1 Å². The van der Waals surface area contributed by atoms with Crippen LogP contribution in [-0.2, 0) is 68.1 Å². The summed E-state index contributed by atoms with van der Waals surface area (Å²) in [5, 5.41) is 23.0. The van der Waals surface area contributed by atoms with E-state index < -0.39 is 53.5 Å². The van der Waals surface area contributed by atoms with Crippen molar-refractivity contribution in [2.24, 2.45) is 5.92 Å². The number of benzene rings is 1. The molecule has 3 aliphatic rings. The molecule has 76 heavy (non-hydrogen) atoms. The van der Waals surface area contributed by atoms with E-state index in [1.165, 1.54) is 17.0 Å². The monoisotopic (exact) mass is 1060 g/mol. The number of carbonyl (C=O) groups is 5. The first-order valence-corrected chi connectivity index (χ1v) is 26.4. The zero-order chi connectivity index (χ0) is 54.4. The Bertz CT molecular complexity index is 3030.